The van der Waals surface area contributed by atoms with Crippen molar-refractivity contribution in [2.45, 2.75) is 303 Å². The minimum Gasteiger partial charge on any atom is -0.756 e. The van der Waals surface area contributed by atoms with Crippen molar-refractivity contribution in [2.24, 2.45) is 0 Å². The number of amides is 1. The van der Waals surface area contributed by atoms with Gasteiger partial charge in [0.2, 0.25) is 5.91 Å². The van der Waals surface area contributed by atoms with Gasteiger partial charge in [0.05, 0.1) is 33.8 Å². The molecule has 0 aliphatic rings. The zero-order valence-corrected chi connectivity index (χ0v) is 47.4. The molecule has 0 aromatic carbocycles. The first-order valence-electron chi connectivity index (χ1n) is 29.6. The number of hydrogen-bond donors (Lipinski definition) is 1. The van der Waals surface area contributed by atoms with E-state index >= 15 is 0 Å². The molecule has 408 valence electrons. The summed E-state index contributed by atoms with van der Waals surface area (Å²) in [4.78, 5) is 39.9. The molecule has 0 aliphatic heterocycles. The van der Waals surface area contributed by atoms with E-state index in [0.29, 0.717) is 17.4 Å². The Morgan fingerprint density at radius 3 is 1.23 bits per heavy atom. The average Bonchev–Trinajstić information content (AvgIpc) is 3.31. The zero-order valence-electron chi connectivity index (χ0n) is 46.5. The maximum absolute atomic E-state index is 13.5. The Balaban J connectivity index is 5.31. The van der Waals surface area contributed by atoms with Crippen molar-refractivity contribution in [3.05, 3.63) is 24.3 Å². The van der Waals surface area contributed by atoms with Crippen molar-refractivity contribution in [3.63, 3.8) is 0 Å². The second kappa shape index (κ2) is 50.0. The van der Waals surface area contributed by atoms with Crippen LogP contribution < -0.4 is 10.2 Å². The van der Waals surface area contributed by atoms with Crippen LogP contribution in [-0.4, -0.2) is 69.4 Å². The third-order valence-electron chi connectivity index (χ3n) is 13.4. The van der Waals surface area contributed by atoms with E-state index in [1.807, 2.05) is 33.3 Å². The number of nitrogens with zero attached hydrogens (tertiary/aromatic N) is 1. The lowest BCUT2D eigenvalue weighted by Gasteiger charge is -2.30. The second-order valence-electron chi connectivity index (χ2n) is 21.5. The number of allylic oxidation sites excluding steroid dienone is 3. The Labute approximate surface area is 428 Å². The van der Waals surface area contributed by atoms with Crippen LogP contribution in [-0.2, 0) is 27.9 Å². The number of likely N-dealkylation sites (N-methyl/N-ethyl adjacent to an activating group) is 1. The van der Waals surface area contributed by atoms with E-state index in [4.69, 9.17) is 13.8 Å². The van der Waals surface area contributed by atoms with Gasteiger partial charge in [0.25, 0.3) is 7.82 Å². The highest BCUT2D eigenvalue weighted by Crippen LogP contribution is 2.38. The fraction of sp³-hybridized carbons (Fsp3) is 0.898. The molecule has 0 saturated carbocycles. The van der Waals surface area contributed by atoms with E-state index in [-0.39, 0.29) is 31.5 Å². The quantitative estimate of drug-likeness (QED) is 0.0212. The molecule has 0 aromatic rings. The van der Waals surface area contributed by atoms with Gasteiger partial charge in [0.15, 0.2) is 0 Å². The summed E-state index contributed by atoms with van der Waals surface area (Å²) < 4.78 is 30.3. The van der Waals surface area contributed by atoms with E-state index in [1.54, 1.807) is 0 Å². The number of carbonyl (C=O) groups is 2. The molecule has 3 atom stereocenters. The van der Waals surface area contributed by atoms with E-state index in [9.17, 15) is 19.0 Å². The van der Waals surface area contributed by atoms with Crippen LogP contribution >= 0.6 is 7.82 Å². The maximum atomic E-state index is 13.5. The summed E-state index contributed by atoms with van der Waals surface area (Å²) in [6.07, 6.45) is 57.0. The largest absolute Gasteiger partial charge is 0.756 e. The van der Waals surface area contributed by atoms with Gasteiger partial charge in [-0.2, -0.15) is 0 Å². The molecule has 0 bridgehead atoms. The van der Waals surface area contributed by atoms with E-state index in [0.717, 1.165) is 77.0 Å². The van der Waals surface area contributed by atoms with Crippen LogP contribution in [0.4, 0.5) is 0 Å². The number of phosphoric acid groups is 1. The molecule has 0 saturated heterocycles. The normalized spacial score (nSPS) is 13.9. The fourth-order valence-corrected chi connectivity index (χ4v) is 9.48. The molecule has 9 nitrogen and oxygen atoms in total. The highest BCUT2D eigenvalue weighted by molar-refractivity contribution is 7.45. The molecule has 0 fully saturated rings. The van der Waals surface area contributed by atoms with E-state index in [1.165, 1.54) is 180 Å². The van der Waals surface area contributed by atoms with Gasteiger partial charge in [-0.1, -0.05) is 244 Å². The Morgan fingerprint density at radius 2 is 0.841 bits per heavy atom. The van der Waals surface area contributed by atoms with Crippen LogP contribution in [0.1, 0.15) is 290 Å². The third-order valence-corrected chi connectivity index (χ3v) is 14.3. The van der Waals surface area contributed by atoms with Crippen molar-refractivity contribution in [2.75, 3.05) is 40.9 Å². The van der Waals surface area contributed by atoms with Crippen LogP contribution in [0.3, 0.4) is 0 Å². The minimum atomic E-state index is -4.69. The number of unbranched alkanes of at least 4 members (excludes halogenated alkanes) is 36. The van der Waals surface area contributed by atoms with Gasteiger partial charge < -0.3 is 28.5 Å². The number of carbonyl (C=O) groups excluding carboxylic acids is 2. The Bertz CT molecular complexity index is 1240. The van der Waals surface area contributed by atoms with Gasteiger partial charge in [0.1, 0.15) is 19.3 Å². The van der Waals surface area contributed by atoms with Crippen LogP contribution in [0.25, 0.3) is 0 Å². The lowest BCUT2D eigenvalue weighted by molar-refractivity contribution is -0.870. The number of nitrogens with one attached hydrogen (secondary N) is 1. The number of ether oxygens (including phenoxy) is 1. The molecule has 0 heterocycles. The first-order valence-corrected chi connectivity index (χ1v) is 31.1. The Hall–Kier alpha value is -1.51. The van der Waals surface area contributed by atoms with Gasteiger partial charge in [-0.05, 0) is 57.4 Å². The predicted molar refractivity (Wildman–Crippen MR) is 293 cm³/mol. The predicted octanol–water partition coefficient (Wildman–Crippen LogP) is 17.1. The van der Waals surface area contributed by atoms with Crippen molar-refractivity contribution < 1.29 is 37.3 Å². The summed E-state index contributed by atoms with van der Waals surface area (Å²) in [5.41, 5.74) is 0. The molecule has 0 aliphatic carbocycles. The highest BCUT2D eigenvalue weighted by atomic mass is 31.2. The minimum absolute atomic E-state index is 0.0206. The van der Waals surface area contributed by atoms with Crippen molar-refractivity contribution in [1.82, 2.24) is 5.32 Å². The molecule has 3 unspecified atom stereocenters. The monoisotopic (exact) mass is 995 g/mol. The van der Waals surface area contributed by atoms with E-state index < -0.39 is 20.0 Å². The van der Waals surface area contributed by atoms with Crippen molar-refractivity contribution >= 4 is 19.7 Å². The summed E-state index contributed by atoms with van der Waals surface area (Å²) in [6.45, 7) is 6.86. The van der Waals surface area contributed by atoms with Crippen LogP contribution in [0, 0.1) is 0 Å². The Morgan fingerprint density at radius 1 is 0.493 bits per heavy atom. The van der Waals surface area contributed by atoms with Crippen LogP contribution in [0.5, 0.6) is 0 Å². The maximum Gasteiger partial charge on any atom is 0.306 e. The summed E-state index contributed by atoms with van der Waals surface area (Å²) in [5.74, 6) is -0.537. The molecular weight excluding hydrogens is 880 g/mol. The van der Waals surface area contributed by atoms with Gasteiger partial charge >= 0.3 is 5.97 Å². The van der Waals surface area contributed by atoms with Crippen LogP contribution in [0.15, 0.2) is 24.3 Å². The lowest BCUT2D eigenvalue weighted by Crippen LogP contribution is -2.47. The smallest absolute Gasteiger partial charge is 0.306 e. The SMILES string of the molecule is CCCCCCCCC/C=C/CCCCCCCC(=O)NC(COP(=O)([O-])OCC[N+](C)(C)C)C(/C=C/CCCCCCCCCCCC)OC(=O)CCCCCCCCCCCCCCCCC. The van der Waals surface area contributed by atoms with Gasteiger partial charge in [0, 0.05) is 12.8 Å². The molecule has 0 aromatic heterocycles. The number of quaternary nitrogens is 1. The molecule has 1 N–H and O–H groups in total. The zero-order chi connectivity index (χ0) is 50.8. The number of rotatable bonds is 54. The van der Waals surface area contributed by atoms with E-state index in [2.05, 4.69) is 38.2 Å². The third kappa shape index (κ3) is 51.2. The molecule has 1 amide bonds. The summed E-state index contributed by atoms with van der Waals surface area (Å²) in [7, 11) is 1.19. The molecular formula is C59H115N2O7P. The molecule has 0 spiro atoms. The van der Waals surface area contributed by atoms with Crippen molar-refractivity contribution in [1.29, 1.82) is 0 Å². The molecule has 0 rings (SSSR count). The van der Waals surface area contributed by atoms with Gasteiger partial charge in [-0.15, -0.1) is 0 Å². The lowest BCUT2D eigenvalue weighted by atomic mass is 10.0. The topological polar surface area (TPSA) is 114 Å². The van der Waals surface area contributed by atoms with Crippen LogP contribution in [0.2, 0.25) is 0 Å². The molecule has 10 heteroatoms. The summed E-state index contributed by atoms with van der Waals surface area (Å²) >= 11 is 0. The first-order chi connectivity index (χ1) is 33.4. The molecule has 0 radical (unpaired) electrons. The standard InChI is InChI=1S/C59H115N2O7P/c1-7-10-13-16-19-22-25-28-30-32-33-36-39-42-45-48-51-58(62)60-56(55-67-69(64,65)66-54-53-61(4,5)6)57(50-47-44-41-38-35-27-24-21-18-15-12-9-3)68-59(63)52-49-46-43-40-37-34-31-29-26-23-20-17-14-11-8-2/h30,32,47,50,56-57H,7-29,31,33-46,48-49,51-55H2,1-6H3,(H-,60,62,64,65)/b32-30+,50-47+. The summed E-state index contributed by atoms with van der Waals surface area (Å²) in [5, 5.41) is 3.02. The fourth-order valence-electron chi connectivity index (χ4n) is 8.75. The summed E-state index contributed by atoms with van der Waals surface area (Å²) in [6, 6.07) is -0.886. The average molecular weight is 996 g/mol. The molecule has 69 heavy (non-hydrogen) atoms. The second-order valence-corrected chi connectivity index (χ2v) is 22.9. The van der Waals surface area contributed by atoms with Gasteiger partial charge in [-0.3, -0.25) is 14.2 Å². The highest BCUT2D eigenvalue weighted by Gasteiger charge is 2.27. The van der Waals surface area contributed by atoms with Crippen molar-refractivity contribution in [3.8, 4) is 0 Å². The number of hydrogen-bond acceptors (Lipinski definition) is 7. The first kappa shape index (κ1) is 67.5. The number of phosphoric ester groups is 1. The number of esters is 1. The Kier molecular flexibility index (Phi) is 48.9. The van der Waals surface area contributed by atoms with Gasteiger partial charge in [-0.25, -0.2) is 0 Å².